The zero-order valence-corrected chi connectivity index (χ0v) is 28.5. The number of nitrogens with zero attached hydrogens (tertiary/aromatic N) is 5. The first-order valence-corrected chi connectivity index (χ1v) is 17.9. The monoisotopic (exact) mass is 695 g/mol. The minimum absolute atomic E-state index is 0.106. The van der Waals surface area contributed by atoms with Crippen LogP contribution in [0.4, 0.5) is 10.5 Å². The first-order valence-electron chi connectivity index (χ1n) is 16.0. The van der Waals surface area contributed by atoms with Crippen LogP contribution in [0.2, 0.25) is 0 Å². The summed E-state index contributed by atoms with van der Waals surface area (Å²) in [6.45, 7) is 0.0328. The highest BCUT2D eigenvalue weighted by Gasteiger charge is 2.52. The second-order valence-corrected chi connectivity index (χ2v) is 14.0. The molecule has 0 bridgehead atoms. The lowest BCUT2D eigenvalue weighted by molar-refractivity contribution is -0.157. The van der Waals surface area contributed by atoms with Gasteiger partial charge in [0.25, 0.3) is 0 Å². The highest BCUT2D eigenvalue weighted by molar-refractivity contribution is 7.92. The number of nitriles is 1. The number of fused-ring (bicyclic) bond motifs is 2. The fraction of sp³-hybridized carbons (Fsp3) is 0.278. The van der Waals surface area contributed by atoms with Crippen LogP contribution in [0.25, 0.3) is 10.8 Å². The van der Waals surface area contributed by atoms with Crippen molar-refractivity contribution in [2.24, 2.45) is 0 Å². The highest BCUT2D eigenvalue weighted by atomic mass is 32.2. The summed E-state index contributed by atoms with van der Waals surface area (Å²) in [5.74, 6) is 0.0794. The summed E-state index contributed by atoms with van der Waals surface area (Å²) >= 11 is 0. The fourth-order valence-electron chi connectivity index (χ4n) is 6.53. The molecule has 4 aromatic carbocycles. The van der Waals surface area contributed by atoms with Gasteiger partial charge in [-0.25, -0.2) is 18.2 Å². The second-order valence-electron chi connectivity index (χ2n) is 12.2. The lowest BCUT2D eigenvalue weighted by Gasteiger charge is -2.46. The highest BCUT2D eigenvalue weighted by Crippen LogP contribution is 2.31. The van der Waals surface area contributed by atoms with Gasteiger partial charge in [0, 0.05) is 25.2 Å². The van der Waals surface area contributed by atoms with Gasteiger partial charge in [0.2, 0.25) is 21.8 Å². The quantitative estimate of drug-likeness (QED) is 0.227. The first-order chi connectivity index (χ1) is 24.0. The number of rotatable bonds is 11. The van der Waals surface area contributed by atoms with E-state index in [-0.39, 0.29) is 51.0 Å². The number of piperazine rings is 1. The zero-order chi connectivity index (χ0) is 35.4. The van der Waals surface area contributed by atoms with E-state index in [1.165, 1.54) is 9.91 Å². The number of carbonyl (C=O) groups is 3. The van der Waals surface area contributed by atoms with Crippen molar-refractivity contribution in [2.45, 2.75) is 31.7 Å². The molecule has 2 aliphatic rings. The van der Waals surface area contributed by atoms with E-state index in [2.05, 4.69) is 10.0 Å². The Labute approximate surface area is 290 Å². The average Bonchev–Trinajstić information content (AvgIpc) is 3.43. The van der Waals surface area contributed by atoms with Gasteiger partial charge in [-0.05, 0) is 51.7 Å². The molecule has 0 aromatic heterocycles. The lowest BCUT2D eigenvalue weighted by atomic mass is 9.99. The standard InChI is InChI=1S/C36H37N7O6S/c1-49-30-16-12-26(13-17-30)21-38-36(46)41(19-18-37)42-24-34(44)43-32(20-25-10-14-29(15-11-25)39-50(2,47)48)35(45)40(23-33(42)43)22-28-8-5-7-27-6-3-4-9-31(27)28/h3-17,32-33,39H,19-24H2,1-2H3,(H,38,46)/t32-,33+/m0/s1. The second kappa shape index (κ2) is 14.5. The number of benzene rings is 4. The molecule has 0 radical (unpaired) electrons. The molecular weight excluding hydrogens is 659 g/mol. The number of nitrogens with one attached hydrogen (secondary N) is 2. The Kier molecular flexibility index (Phi) is 9.89. The molecule has 2 N–H and O–H groups in total. The van der Waals surface area contributed by atoms with Gasteiger partial charge in [0.05, 0.1) is 32.5 Å². The Bertz CT molecular complexity index is 2040. The van der Waals surface area contributed by atoms with Crippen LogP contribution in [0.15, 0.2) is 91.0 Å². The summed E-state index contributed by atoms with van der Waals surface area (Å²) in [6, 6.07) is 28.2. The molecule has 2 aliphatic heterocycles. The summed E-state index contributed by atoms with van der Waals surface area (Å²) in [5, 5.41) is 17.5. The normalized spacial score (nSPS) is 17.7. The third-order valence-electron chi connectivity index (χ3n) is 8.86. The van der Waals surface area contributed by atoms with Crippen LogP contribution in [0.5, 0.6) is 5.75 Å². The summed E-state index contributed by atoms with van der Waals surface area (Å²) in [5.41, 5.74) is 2.84. The van der Waals surface area contributed by atoms with Crippen molar-refractivity contribution in [3.05, 3.63) is 108 Å². The van der Waals surface area contributed by atoms with E-state index in [1.807, 2.05) is 60.7 Å². The van der Waals surface area contributed by atoms with E-state index in [0.29, 0.717) is 17.0 Å². The molecule has 0 spiro atoms. The third kappa shape index (κ3) is 7.49. The fourth-order valence-corrected chi connectivity index (χ4v) is 7.10. The molecule has 13 nitrogen and oxygen atoms in total. The van der Waals surface area contributed by atoms with Gasteiger partial charge in [-0.15, -0.1) is 0 Å². The van der Waals surface area contributed by atoms with Crippen molar-refractivity contribution in [1.82, 2.24) is 25.1 Å². The molecule has 0 unspecified atom stereocenters. The Balaban J connectivity index is 1.30. The van der Waals surface area contributed by atoms with E-state index >= 15 is 0 Å². The van der Waals surface area contributed by atoms with Gasteiger partial charge in [-0.2, -0.15) is 10.3 Å². The number of anilines is 1. The Morgan fingerprint density at radius 3 is 2.38 bits per heavy atom. The molecule has 0 aliphatic carbocycles. The minimum Gasteiger partial charge on any atom is -0.497 e. The molecule has 2 atom stereocenters. The van der Waals surface area contributed by atoms with Crippen molar-refractivity contribution in [3.63, 3.8) is 0 Å². The van der Waals surface area contributed by atoms with Crippen molar-refractivity contribution in [3.8, 4) is 11.8 Å². The molecule has 6 rings (SSSR count). The number of carbonyl (C=O) groups excluding carboxylic acids is 3. The van der Waals surface area contributed by atoms with Crippen molar-refractivity contribution >= 4 is 44.3 Å². The van der Waals surface area contributed by atoms with Crippen LogP contribution in [0, 0.1) is 11.3 Å². The number of urea groups is 1. The van der Waals surface area contributed by atoms with E-state index in [4.69, 9.17) is 4.74 Å². The SMILES string of the molecule is COc1ccc(CNC(=O)N(CC#N)N2CC(=O)N3[C@@H](Cc4ccc(NS(C)(=O)=O)cc4)C(=O)N(Cc4cccc5ccccc45)C[C@@H]32)cc1. The number of amides is 4. The summed E-state index contributed by atoms with van der Waals surface area (Å²) in [7, 11) is -1.91. The van der Waals surface area contributed by atoms with Gasteiger partial charge in [0.1, 0.15) is 24.5 Å². The number of methoxy groups -OCH3 is 1. The van der Waals surface area contributed by atoms with Crippen molar-refractivity contribution in [1.29, 1.82) is 5.26 Å². The zero-order valence-electron chi connectivity index (χ0n) is 27.7. The van der Waals surface area contributed by atoms with Gasteiger partial charge in [0.15, 0.2) is 0 Å². The number of hydrazine groups is 1. The molecular formula is C36H37N7O6S. The predicted molar refractivity (Wildman–Crippen MR) is 187 cm³/mol. The topological polar surface area (TPSA) is 155 Å². The first kappa shape index (κ1) is 34.2. The lowest BCUT2D eigenvalue weighted by Crippen LogP contribution is -2.66. The van der Waals surface area contributed by atoms with E-state index in [1.54, 1.807) is 53.4 Å². The van der Waals surface area contributed by atoms with Crippen molar-refractivity contribution in [2.75, 3.05) is 37.7 Å². The number of hydrogen-bond donors (Lipinski definition) is 2. The molecule has 0 saturated carbocycles. The van der Waals surface area contributed by atoms with Crippen LogP contribution >= 0.6 is 0 Å². The molecule has 50 heavy (non-hydrogen) atoms. The molecule has 14 heteroatoms. The Hall–Kier alpha value is -5.65. The van der Waals surface area contributed by atoms with Gasteiger partial charge >= 0.3 is 6.03 Å². The molecule has 2 fully saturated rings. The molecule has 4 amide bonds. The van der Waals surface area contributed by atoms with Gasteiger partial charge in [-0.1, -0.05) is 66.7 Å². The maximum Gasteiger partial charge on any atom is 0.333 e. The summed E-state index contributed by atoms with van der Waals surface area (Å²) in [6.07, 6.45) is 0.486. The predicted octanol–water partition coefficient (Wildman–Crippen LogP) is 3.29. The number of hydrogen-bond acceptors (Lipinski definition) is 8. The largest absolute Gasteiger partial charge is 0.497 e. The van der Waals surface area contributed by atoms with E-state index in [0.717, 1.165) is 28.2 Å². The van der Waals surface area contributed by atoms with Gasteiger partial charge < -0.3 is 19.9 Å². The smallest absolute Gasteiger partial charge is 0.333 e. The Morgan fingerprint density at radius 1 is 0.980 bits per heavy atom. The van der Waals surface area contributed by atoms with Crippen LogP contribution in [-0.4, -0.2) is 91.3 Å². The van der Waals surface area contributed by atoms with Crippen LogP contribution in [-0.2, 0) is 39.1 Å². The maximum absolute atomic E-state index is 14.3. The van der Waals surface area contributed by atoms with E-state index < -0.39 is 28.3 Å². The molecule has 2 saturated heterocycles. The summed E-state index contributed by atoms with van der Waals surface area (Å²) < 4.78 is 31.1. The van der Waals surface area contributed by atoms with Crippen molar-refractivity contribution < 1.29 is 27.5 Å². The number of sulfonamides is 1. The average molecular weight is 696 g/mol. The van der Waals surface area contributed by atoms with Gasteiger partial charge in [-0.3, -0.25) is 14.3 Å². The third-order valence-corrected chi connectivity index (χ3v) is 9.47. The molecule has 258 valence electrons. The molecule has 4 aromatic rings. The summed E-state index contributed by atoms with van der Waals surface area (Å²) in [4.78, 5) is 44.9. The Morgan fingerprint density at radius 2 is 1.68 bits per heavy atom. The number of ether oxygens (including phenoxy) is 1. The molecule has 2 heterocycles. The minimum atomic E-state index is -3.48. The van der Waals surface area contributed by atoms with Crippen LogP contribution in [0.3, 0.4) is 0 Å². The van der Waals surface area contributed by atoms with Crippen LogP contribution in [0.1, 0.15) is 16.7 Å². The van der Waals surface area contributed by atoms with Crippen LogP contribution < -0.4 is 14.8 Å². The van der Waals surface area contributed by atoms with E-state index in [9.17, 15) is 28.1 Å². The maximum atomic E-state index is 14.3.